The molecule has 1 unspecified atom stereocenters. The normalized spacial score (nSPS) is 18.4. The highest BCUT2D eigenvalue weighted by Crippen LogP contribution is 2.39. The van der Waals surface area contributed by atoms with Gasteiger partial charge in [0.25, 0.3) is 0 Å². The van der Waals surface area contributed by atoms with Crippen LogP contribution in [0.4, 0.5) is 18.9 Å². The van der Waals surface area contributed by atoms with Gasteiger partial charge < -0.3 is 9.64 Å². The van der Waals surface area contributed by atoms with Crippen LogP contribution in [0.2, 0.25) is 0 Å². The van der Waals surface area contributed by atoms with Crippen LogP contribution in [0.15, 0.2) is 18.2 Å². The molecule has 1 amide bonds. The number of carbonyl (C=O) groups is 2. The molecular formula is C15H16F3NO3S. The minimum Gasteiger partial charge on any atom is -0.496 e. The first kappa shape index (κ1) is 17.7. The average Bonchev–Trinajstić information content (AvgIpc) is 2.84. The summed E-state index contributed by atoms with van der Waals surface area (Å²) >= 11 is 1.15. The van der Waals surface area contributed by atoms with E-state index in [0.717, 1.165) is 24.9 Å². The monoisotopic (exact) mass is 347 g/mol. The van der Waals surface area contributed by atoms with Crippen molar-refractivity contribution in [3.05, 3.63) is 23.8 Å². The SMILES string of the molecule is COc1cc(N2CC(CSC(C)=O)CC2=O)ccc1C(F)(F)F. The quantitative estimate of drug-likeness (QED) is 0.838. The summed E-state index contributed by atoms with van der Waals surface area (Å²) in [5, 5.41) is -0.0212. The van der Waals surface area contributed by atoms with Crippen LogP contribution < -0.4 is 9.64 Å². The number of thioether (sulfide) groups is 1. The lowest BCUT2D eigenvalue weighted by molar-refractivity contribution is -0.138. The second-order valence-corrected chi connectivity index (χ2v) is 6.46. The number of rotatable bonds is 4. The lowest BCUT2D eigenvalue weighted by Gasteiger charge is -2.19. The topological polar surface area (TPSA) is 46.6 Å². The largest absolute Gasteiger partial charge is 0.496 e. The Morgan fingerprint density at radius 2 is 2.13 bits per heavy atom. The Kier molecular flexibility index (Phi) is 5.23. The van der Waals surface area contributed by atoms with E-state index in [2.05, 4.69) is 0 Å². The minimum absolute atomic E-state index is 0.00434. The van der Waals surface area contributed by atoms with E-state index in [1.165, 1.54) is 24.0 Å². The second kappa shape index (κ2) is 6.82. The van der Waals surface area contributed by atoms with Crippen molar-refractivity contribution in [2.24, 2.45) is 5.92 Å². The molecule has 0 spiro atoms. The number of alkyl halides is 3. The molecule has 8 heteroatoms. The van der Waals surface area contributed by atoms with Gasteiger partial charge in [0.15, 0.2) is 5.12 Å². The summed E-state index contributed by atoms with van der Waals surface area (Å²) in [4.78, 5) is 24.5. The molecular weight excluding hydrogens is 331 g/mol. The first-order chi connectivity index (χ1) is 10.7. The molecule has 2 rings (SSSR count). The second-order valence-electron chi connectivity index (χ2n) is 5.26. The Labute approximate surface area is 136 Å². The molecule has 1 fully saturated rings. The lowest BCUT2D eigenvalue weighted by atomic mass is 10.1. The zero-order valence-electron chi connectivity index (χ0n) is 12.6. The molecule has 1 aliphatic rings. The number of nitrogens with zero attached hydrogens (tertiary/aromatic N) is 1. The molecule has 1 atom stereocenters. The fraction of sp³-hybridized carbons (Fsp3) is 0.467. The van der Waals surface area contributed by atoms with Gasteiger partial charge in [-0.25, -0.2) is 0 Å². The molecule has 0 aromatic heterocycles. The number of hydrogen-bond donors (Lipinski definition) is 0. The highest BCUT2D eigenvalue weighted by Gasteiger charge is 2.36. The van der Waals surface area contributed by atoms with Crippen LogP contribution in [-0.4, -0.2) is 30.4 Å². The molecule has 1 saturated heterocycles. The van der Waals surface area contributed by atoms with E-state index in [-0.39, 0.29) is 29.1 Å². The zero-order valence-corrected chi connectivity index (χ0v) is 13.5. The Morgan fingerprint density at radius 3 is 2.70 bits per heavy atom. The third kappa shape index (κ3) is 4.19. The van der Waals surface area contributed by atoms with Gasteiger partial charge in [-0.2, -0.15) is 13.2 Å². The van der Waals surface area contributed by atoms with Gasteiger partial charge in [-0.1, -0.05) is 11.8 Å². The van der Waals surface area contributed by atoms with E-state index in [9.17, 15) is 22.8 Å². The van der Waals surface area contributed by atoms with Crippen molar-refractivity contribution < 1.29 is 27.5 Å². The van der Waals surface area contributed by atoms with Gasteiger partial charge in [0, 0.05) is 37.4 Å². The zero-order chi connectivity index (χ0) is 17.2. The number of hydrogen-bond acceptors (Lipinski definition) is 4. The Bertz CT molecular complexity index is 618. The summed E-state index contributed by atoms with van der Waals surface area (Å²) in [5.41, 5.74) is -0.505. The van der Waals surface area contributed by atoms with Gasteiger partial charge in [0.2, 0.25) is 5.91 Å². The van der Waals surface area contributed by atoms with Crippen LogP contribution in [0.3, 0.4) is 0 Å². The Hall–Kier alpha value is -1.70. The minimum atomic E-state index is -4.51. The number of anilines is 1. The van der Waals surface area contributed by atoms with E-state index in [4.69, 9.17) is 4.74 Å². The highest BCUT2D eigenvalue weighted by molar-refractivity contribution is 8.13. The molecule has 4 nitrogen and oxygen atoms in total. The number of halogens is 3. The number of methoxy groups -OCH3 is 1. The molecule has 0 bridgehead atoms. The maximum atomic E-state index is 12.9. The maximum absolute atomic E-state index is 12.9. The van der Waals surface area contributed by atoms with E-state index in [0.29, 0.717) is 18.0 Å². The summed E-state index contributed by atoms with van der Waals surface area (Å²) in [7, 11) is 1.16. The summed E-state index contributed by atoms with van der Waals surface area (Å²) in [5.74, 6) is 0.0463. The molecule has 0 aliphatic carbocycles. The van der Waals surface area contributed by atoms with Crippen LogP contribution in [0.1, 0.15) is 18.9 Å². The maximum Gasteiger partial charge on any atom is 0.419 e. The smallest absolute Gasteiger partial charge is 0.419 e. The van der Waals surface area contributed by atoms with E-state index >= 15 is 0 Å². The van der Waals surface area contributed by atoms with Crippen molar-refractivity contribution >= 4 is 28.5 Å². The van der Waals surface area contributed by atoms with Gasteiger partial charge in [-0.15, -0.1) is 0 Å². The first-order valence-electron chi connectivity index (χ1n) is 6.91. The van der Waals surface area contributed by atoms with Crippen molar-refractivity contribution in [2.75, 3.05) is 24.3 Å². The van der Waals surface area contributed by atoms with Gasteiger partial charge in [-0.05, 0) is 18.1 Å². The number of carbonyl (C=O) groups excluding carboxylic acids is 2. The van der Waals surface area contributed by atoms with Crippen LogP contribution in [-0.2, 0) is 15.8 Å². The molecule has 1 heterocycles. The van der Waals surface area contributed by atoms with Gasteiger partial charge in [0.05, 0.1) is 12.7 Å². The van der Waals surface area contributed by atoms with Crippen molar-refractivity contribution in [3.63, 3.8) is 0 Å². The number of amides is 1. The highest BCUT2D eigenvalue weighted by atomic mass is 32.2. The molecule has 0 saturated carbocycles. The van der Waals surface area contributed by atoms with Gasteiger partial charge in [0.1, 0.15) is 5.75 Å². The molecule has 1 aromatic carbocycles. The van der Waals surface area contributed by atoms with Gasteiger partial charge in [-0.3, -0.25) is 9.59 Å². The van der Waals surface area contributed by atoms with Crippen LogP contribution in [0, 0.1) is 5.92 Å². The van der Waals surface area contributed by atoms with Crippen molar-refractivity contribution in [1.29, 1.82) is 0 Å². The van der Waals surface area contributed by atoms with Crippen LogP contribution in [0.5, 0.6) is 5.75 Å². The summed E-state index contributed by atoms with van der Waals surface area (Å²) < 4.78 is 43.4. The van der Waals surface area contributed by atoms with E-state index < -0.39 is 11.7 Å². The van der Waals surface area contributed by atoms with Crippen molar-refractivity contribution in [2.45, 2.75) is 19.5 Å². The molecule has 126 valence electrons. The fourth-order valence-corrected chi connectivity index (χ4v) is 3.15. The van der Waals surface area contributed by atoms with Crippen molar-refractivity contribution in [3.8, 4) is 5.75 Å². The predicted molar refractivity (Wildman–Crippen MR) is 81.6 cm³/mol. The van der Waals surface area contributed by atoms with Crippen molar-refractivity contribution in [1.82, 2.24) is 0 Å². The Morgan fingerprint density at radius 1 is 1.43 bits per heavy atom. The van der Waals surface area contributed by atoms with Crippen LogP contribution >= 0.6 is 11.8 Å². The number of ether oxygens (including phenoxy) is 1. The Balaban J connectivity index is 2.19. The first-order valence-corrected chi connectivity index (χ1v) is 7.90. The standard InChI is InChI=1S/C15H16F3NO3S/c1-9(20)23-8-10-5-14(21)19(7-10)11-3-4-12(15(16,17)18)13(6-11)22-2/h3-4,6,10H,5,7-8H2,1-2H3. The predicted octanol–water partition coefficient (Wildman–Crippen LogP) is 3.35. The molecule has 0 radical (unpaired) electrons. The third-order valence-corrected chi connectivity index (χ3v) is 4.57. The lowest BCUT2D eigenvalue weighted by Crippen LogP contribution is -2.25. The molecule has 0 N–H and O–H groups in total. The molecule has 1 aliphatic heterocycles. The summed E-state index contributed by atoms with van der Waals surface area (Å²) in [6.45, 7) is 1.84. The van der Waals surface area contributed by atoms with E-state index in [1.807, 2.05) is 0 Å². The van der Waals surface area contributed by atoms with Gasteiger partial charge >= 0.3 is 6.18 Å². The van der Waals surface area contributed by atoms with Crippen LogP contribution in [0.25, 0.3) is 0 Å². The number of benzene rings is 1. The fourth-order valence-electron chi connectivity index (χ4n) is 2.46. The summed E-state index contributed by atoms with van der Waals surface area (Å²) in [6.07, 6.45) is -4.23. The molecule has 1 aromatic rings. The summed E-state index contributed by atoms with van der Waals surface area (Å²) in [6, 6.07) is 3.41. The molecule has 23 heavy (non-hydrogen) atoms. The average molecular weight is 347 g/mol. The van der Waals surface area contributed by atoms with E-state index in [1.54, 1.807) is 0 Å². The third-order valence-electron chi connectivity index (χ3n) is 3.53.